The molecule has 0 aliphatic rings. The van der Waals surface area contributed by atoms with Gasteiger partial charge in [0.2, 0.25) is 0 Å². The van der Waals surface area contributed by atoms with Gasteiger partial charge >= 0.3 is 5.97 Å². The Bertz CT molecular complexity index is 1010. The van der Waals surface area contributed by atoms with Crippen molar-refractivity contribution in [1.29, 1.82) is 0 Å². The molecule has 0 heterocycles. The highest BCUT2D eigenvalue weighted by atomic mass is 35.5. The van der Waals surface area contributed by atoms with Crippen LogP contribution in [0.5, 0.6) is 5.75 Å². The van der Waals surface area contributed by atoms with E-state index in [0.29, 0.717) is 10.8 Å². The summed E-state index contributed by atoms with van der Waals surface area (Å²) in [6, 6.07) is 22.8. The summed E-state index contributed by atoms with van der Waals surface area (Å²) in [5.41, 5.74) is 4.12. The Kier molecular flexibility index (Phi) is 8.06. The van der Waals surface area contributed by atoms with Gasteiger partial charge < -0.3 is 20.3 Å². The molecule has 0 radical (unpaired) electrons. The van der Waals surface area contributed by atoms with Gasteiger partial charge in [-0.3, -0.25) is 0 Å². The van der Waals surface area contributed by atoms with Crippen LogP contribution in [0.2, 0.25) is 5.02 Å². The zero-order valence-electron chi connectivity index (χ0n) is 17.3. The maximum Gasteiger partial charge on any atom is 0.341 e. The van der Waals surface area contributed by atoms with Gasteiger partial charge in [-0.15, -0.1) is 0 Å². The van der Waals surface area contributed by atoms with Gasteiger partial charge in [-0.25, -0.2) is 4.79 Å². The summed E-state index contributed by atoms with van der Waals surface area (Å²) in [6.45, 7) is 1.68. The van der Waals surface area contributed by atoms with Crippen molar-refractivity contribution in [3.8, 4) is 16.9 Å². The van der Waals surface area contributed by atoms with E-state index in [1.807, 2.05) is 48.5 Å². The first-order chi connectivity index (χ1) is 15.0. The van der Waals surface area contributed by atoms with Crippen LogP contribution in [0.15, 0.2) is 72.8 Å². The maximum absolute atomic E-state index is 10.7. The Morgan fingerprint density at radius 3 is 2.42 bits per heavy atom. The van der Waals surface area contributed by atoms with E-state index in [4.69, 9.17) is 21.4 Å². The van der Waals surface area contributed by atoms with Crippen LogP contribution in [0.25, 0.3) is 11.1 Å². The molecule has 3 rings (SSSR count). The fourth-order valence-electron chi connectivity index (χ4n) is 3.59. The molecule has 0 bridgehead atoms. The van der Waals surface area contributed by atoms with E-state index in [0.717, 1.165) is 28.7 Å². The van der Waals surface area contributed by atoms with Crippen molar-refractivity contribution in [2.75, 3.05) is 13.2 Å². The van der Waals surface area contributed by atoms with E-state index in [1.54, 1.807) is 12.1 Å². The molecule has 0 saturated heterocycles. The number of hydrogen-bond donors (Lipinski definition) is 3. The Labute approximate surface area is 187 Å². The van der Waals surface area contributed by atoms with Gasteiger partial charge in [0.15, 0.2) is 6.61 Å². The Hall–Kier alpha value is -2.86. The van der Waals surface area contributed by atoms with Gasteiger partial charge in [-0.2, -0.15) is 0 Å². The molecule has 6 heteroatoms. The number of carbonyl (C=O) groups is 1. The van der Waals surface area contributed by atoms with E-state index in [9.17, 15) is 9.90 Å². The molecule has 3 N–H and O–H groups in total. The molecule has 0 spiro atoms. The third-order valence-corrected chi connectivity index (χ3v) is 5.34. The zero-order chi connectivity index (χ0) is 22.2. The molecule has 31 heavy (non-hydrogen) atoms. The number of nitrogens with one attached hydrogen (secondary N) is 1. The SMILES string of the molecule is CCC(NC(CO)c1cccc(Cl)c1)c1ccccc1-c1ccc(OCC(=O)O)cc1. The summed E-state index contributed by atoms with van der Waals surface area (Å²) in [4.78, 5) is 10.7. The highest BCUT2D eigenvalue weighted by molar-refractivity contribution is 6.30. The molecule has 2 unspecified atom stereocenters. The molecule has 2 atom stereocenters. The zero-order valence-corrected chi connectivity index (χ0v) is 18.0. The van der Waals surface area contributed by atoms with Crippen LogP contribution < -0.4 is 10.1 Å². The number of carboxylic acids is 1. The van der Waals surface area contributed by atoms with Crippen LogP contribution in [0.3, 0.4) is 0 Å². The van der Waals surface area contributed by atoms with E-state index >= 15 is 0 Å². The largest absolute Gasteiger partial charge is 0.482 e. The third-order valence-electron chi connectivity index (χ3n) is 5.11. The van der Waals surface area contributed by atoms with Crippen molar-refractivity contribution in [2.24, 2.45) is 0 Å². The monoisotopic (exact) mass is 439 g/mol. The molecule has 3 aromatic rings. The van der Waals surface area contributed by atoms with Gasteiger partial charge in [0, 0.05) is 11.1 Å². The lowest BCUT2D eigenvalue weighted by atomic mass is 9.92. The Morgan fingerprint density at radius 1 is 1.03 bits per heavy atom. The van der Waals surface area contributed by atoms with Gasteiger partial charge in [0.1, 0.15) is 5.75 Å². The minimum absolute atomic E-state index is 0.00951. The third kappa shape index (κ3) is 6.07. The molecular weight excluding hydrogens is 414 g/mol. The second kappa shape index (κ2) is 11.0. The number of carboxylic acid groups (broad SMARTS) is 1. The van der Waals surface area contributed by atoms with E-state index in [1.165, 1.54) is 0 Å². The molecule has 5 nitrogen and oxygen atoms in total. The number of aliphatic carboxylic acids is 1. The normalized spacial score (nSPS) is 12.9. The summed E-state index contributed by atoms with van der Waals surface area (Å²) < 4.78 is 5.23. The van der Waals surface area contributed by atoms with Gasteiger partial charge in [-0.05, 0) is 52.9 Å². The molecule has 0 saturated carbocycles. The number of aliphatic hydroxyl groups excluding tert-OH is 1. The molecule has 0 aliphatic carbocycles. The van der Waals surface area contributed by atoms with Gasteiger partial charge in [0.05, 0.1) is 12.6 Å². The lowest BCUT2D eigenvalue weighted by Gasteiger charge is -2.26. The van der Waals surface area contributed by atoms with Crippen molar-refractivity contribution in [1.82, 2.24) is 5.32 Å². The van der Waals surface area contributed by atoms with Gasteiger partial charge in [-0.1, -0.05) is 67.1 Å². The Balaban J connectivity index is 1.85. The minimum Gasteiger partial charge on any atom is -0.482 e. The van der Waals surface area contributed by atoms with Crippen molar-refractivity contribution >= 4 is 17.6 Å². The quantitative estimate of drug-likeness (QED) is 0.402. The van der Waals surface area contributed by atoms with Crippen molar-refractivity contribution in [2.45, 2.75) is 25.4 Å². The second-order valence-electron chi connectivity index (χ2n) is 7.21. The second-order valence-corrected chi connectivity index (χ2v) is 7.65. The average Bonchev–Trinajstić information content (AvgIpc) is 2.79. The summed E-state index contributed by atoms with van der Waals surface area (Å²) in [5, 5.41) is 23.0. The van der Waals surface area contributed by atoms with Crippen LogP contribution >= 0.6 is 11.6 Å². The van der Waals surface area contributed by atoms with Crippen molar-refractivity contribution < 1.29 is 19.7 Å². The topological polar surface area (TPSA) is 78.8 Å². The van der Waals surface area contributed by atoms with Crippen LogP contribution in [-0.4, -0.2) is 29.4 Å². The molecular formula is C25H26ClNO4. The standard InChI is InChI=1S/C25H26ClNO4/c1-2-23(27-24(15-28)18-6-5-7-19(26)14-18)22-9-4-3-8-21(22)17-10-12-20(13-11-17)31-16-25(29)30/h3-14,23-24,27-28H,2,15-16H2,1H3,(H,29,30). The van der Waals surface area contributed by atoms with Crippen molar-refractivity contribution in [3.05, 3.63) is 88.9 Å². The van der Waals surface area contributed by atoms with E-state index in [2.05, 4.69) is 24.4 Å². The summed E-state index contributed by atoms with van der Waals surface area (Å²) >= 11 is 6.14. The number of hydrogen-bond acceptors (Lipinski definition) is 4. The minimum atomic E-state index is -1.01. The first kappa shape index (κ1) is 22.8. The molecule has 0 fully saturated rings. The molecule has 0 aromatic heterocycles. The highest BCUT2D eigenvalue weighted by Gasteiger charge is 2.20. The highest BCUT2D eigenvalue weighted by Crippen LogP contribution is 2.32. The predicted molar refractivity (Wildman–Crippen MR) is 122 cm³/mol. The van der Waals surface area contributed by atoms with E-state index < -0.39 is 5.97 Å². The first-order valence-electron chi connectivity index (χ1n) is 10.2. The number of halogens is 1. The number of benzene rings is 3. The Morgan fingerprint density at radius 2 is 1.77 bits per heavy atom. The summed E-state index contributed by atoms with van der Waals surface area (Å²) in [7, 11) is 0. The lowest BCUT2D eigenvalue weighted by Crippen LogP contribution is -2.29. The van der Waals surface area contributed by atoms with Crippen LogP contribution in [0.1, 0.15) is 36.6 Å². The fraction of sp³-hybridized carbons (Fsp3) is 0.240. The molecule has 0 amide bonds. The fourth-order valence-corrected chi connectivity index (χ4v) is 3.79. The average molecular weight is 440 g/mol. The number of aliphatic hydroxyl groups is 1. The maximum atomic E-state index is 10.7. The van der Waals surface area contributed by atoms with E-state index in [-0.39, 0.29) is 25.3 Å². The lowest BCUT2D eigenvalue weighted by molar-refractivity contribution is -0.139. The predicted octanol–water partition coefficient (Wildman–Crippen LogP) is 5.24. The van der Waals surface area contributed by atoms with Crippen LogP contribution in [-0.2, 0) is 4.79 Å². The molecule has 0 aliphatic heterocycles. The molecule has 162 valence electrons. The summed E-state index contributed by atoms with van der Waals surface area (Å²) in [6.07, 6.45) is 0.827. The molecule has 3 aromatic carbocycles. The smallest absolute Gasteiger partial charge is 0.341 e. The summed E-state index contributed by atoms with van der Waals surface area (Å²) in [5.74, 6) is -0.500. The number of ether oxygens (including phenoxy) is 1. The van der Waals surface area contributed by atoms with Crippen LogP contribution in [0, 0.1) is 0 Å². The van der Waals surface area contributed by atoms with Gasteiger partial charge in [0.25, 0.3) is 0 Å². The van der Waals surface area contributed by atoms with Crippen LogP contribution in [0.4, 0.5) is 0 Å². The number of rotatable bonds is 10. The van der Waals surface area contributed by atoms with Crippen molar-refractivity contribution in [3.63, 3.8) is 0 Å². The first-order valence-corrected chi connectivity index (χ1v) is 10.6.